The lowest BCUT2D eigenvalue weighted by molar-refractivity contribution is 0.0963. The summed E-state index contributed by atoms with van der Waals surface area (Å²) in [5.41, 5.74) is 1.69. The van der Waals surface area contributed by atoms with Crippen LogP contribution in [-0.4, -0.2) is 34.8 Å². The van der Waals surface area contributed by atoms with Crippen molar-refractivity contribution < 1.29 is 13.6 Å². The lowest BCUT2D eigenvalue weighted by atomic mass is 10.1. The van der Waals surface area contributed by atoms with Gasteiger partial charge >= 0.3 is 0 Å². The van der Waals surface area contributed by atoms with Crippen LogP contribution in [-0.2, 0) is 6.54 Å². The molecule has 0 aliphatic heterocycles. The van der Waals surface area contributed by atoms with Crippen LogP contribution in [0.15, 0.2) is 30.6 Å². The molecule has 0 atom stereocenters. The highest BCUT2D eigenvalue weighted by atomic mass is 35.5. The van der Waals surface area contributed by atoms with Gasteiger partial charge in [0.1, 0.15) is 10.7 Å². The number of aryl methyl sites for hydroxylation is 1. The number of hydrogen-bond donors (Lipinski definition) is 2. The van der Waals surface area contributed by atoms with E-state index in [4.69, 9.17) is 20.5 Å². The molecule has 0 bridgehead atoms. The summed E-state index contributed by atoms with van der Waals surface area (Å²) in [6.45, 7) is -0.0132. The first-order chi connectivity index (χ1) is 13.2. The van der Waals surface area contributed by atoms with Crippen LogP contribution in [0.5, 0.6) is 5.75 Å². The second kappa shape index (κ2) is 6.98. The standard InChI is InChI=1S/C17H18ClN5O2/c1-4-23-15-10(8-21-23)5-6-12(16(15)25-3)22-13-7-14(18)20-9-11(13)17(24)19-2/h5-9H,4H2,1-3H3,(H,19,24)(H,20,22)/i2D3. The Balaban J connectivity index is 2.06. The van der Waals surface area contributed by atoms with E-state index in [1.807, 2.05) is 18.3 Å². The van der Waals surface area contributed by atoms with Gasteiger partial charge in [-0.05, 0) is 25.1 Å². The van der Waals surface area contributed by atoms with Gasteiger partial charge < -0.3 is 15.4 Å². The van der Waals surface area contributed by atoms with Gasteiger partial charge in [0.2, 0.25) is 0 Å². The molecule has 3 rings (SSSR count). The van der Waals surface area contributed by atoms with Gasteiger partial charge in [-0.1, -0.05) is 11.6 Å². The van der Waals surface area contributed by atoms with E-state index in [9.17, 15) is 4.79 Å². The van der Waals surface area contributed by atoms with Crippen LogP contribution in [0.25, 0.3) is 10.9 Å². The fraction of sp³-hybridized carbons (Fsp3) is 0.235. The van der Waals surface area contributed by atoms with Crippen molar-refractivity contribution >= 4 is 39.8 Å². The molecule has 8 heteroatoms. The molecule has 1 aromatic carbocycles. The second-order valence-corrected chi connectivity index (χ2v) is 5.56. The van der Waals surface area contributed by atoms with Crippen LogP contribution >= 0.6 is 11.6 Å². The molecule has 7 nitrogen and oxygen atoms in total. The van der Waals surface area contributed by atoms with Crippen molar-refractivity contribution in [1.29, 1.82) is 0 Å². The molecule has 0 unspecified atom stereocenters. The Morgan fingerprint density at radius 2 is 2.24 bits per heavy atom. The van der Waals surface area contributed by atoms with Crippen LogP contribution in [0.4, 0.5) is 11.4 Å². The third kappa shape index (κ3) is 3.10. The van der Waals surface area contributed by atoms with E-state index in [1.54, 1.807) is 16.9 Å². The molecule has 2 aromatic heterocycles. The fourth-order valence-corrected chi connectivity index (χ4v) is 2.78. The maximum atomic E-state index is 12.4. The number of fused-ring (bicyclic) bond motifs is 1. The Morgan fingerprint density at radius 3 is 2.96 bits per heavy atom. The van der Waals surface area contributed by atoms with Crippen LogP contribution < -0.4 is 15.4 Å². The van der Waals surface area contributed by atoms with Crippen molar-refractivity contribution in [1.82, 2.24) is 20.1 Å². The van der Waals surface area contributed by atoms with Crippen molar-refractivity contribution in [2.24, 2.45) is 0 Å². The molecule has 2 N–H and O–H groups in total. The van der Waals surface area contributed by atoms with E-state index < -0.39 is 12.9 Å². The van der Waals surface area contributed by atoms with Crippen LogP contribution in [0.2, 0.25) is 5.15 Å². The van der Waals surface area contributed by atoms with E-state index in [0.29, 0.717) is 23.7 Å². The topological polar surface area (TPSA) is 81.1 Å². The molecule has 0 saturated carbocycles. The minimum absolute atomic E-state index is 0.0340. The quantitative estimate of drug-likeness (QED) is 0.681. The summed E-state index contributed by atoms with van der Waals surface area (Å²) < 4.78 is 29.1. The minimum atomic E-state index is -2.63. The van der Waals surface area contributed by atoms with Gasteiger partial charge in [0.15, 0.2) is 5.75 Å². The Bertz CT molecular complexity index is 1040. The van der Waals surface area contributed by atoms with Crippen molar-refractivity contribution in [2.75, 3.05) is 19.4 Å². The van der Waals surface area contributed by atoms with Gasteiger partial charge in [-0.2, -0.15) is 5.10 Å². The van der Waals surface area contributed by atoms with Crippen molar-refractivity contribution in [2.45, 2.75) is 13.5 Å². The third-order valence-corrected chi connectivity index (χ3v) is 3.97. The van der Waals surface area contributed by atoms with Crippen LogP contribution in [0.1, 0.15) is 21.4 Å². The van der Waals surface area contributed by atoms with E-state index in [-0.39, 0.29) is 10.7 Å². The summed E-state index contributed by atoms with van der Waals surface area (Å²) in [4.78, 5) is 16.2. The van der Waals surface area contributed by atoms with Gasteiger partial charge in [0.25, 0.3) is 5.91 Å². The smallest absolute Gasteiger partial charge is 0.254 e. The molecule has 1 amide bonds. The van der Waals surface area contributed by atoms with Crippen LogP contribution in [0, 0.1) is 0 Å². The average Bonchev–Trinajstić information content (AvgIpc) is 3.03. The summed E-state index contributed by atoms with van der Waals surface area (Å²) in [6, 6.07) is 5.09. The van der Waals surface area contributed by atoms with Crippen LogP contribution in [0.3, 0.4) is 0 Å². The lowest BCUT2D eigenvalue weighted by Crippen LogP contribution is -2.19. The first-order valence-electron chi connectivity index (χ1n) is 9.01. The first kappa shape index (κ1) is 13.5. The normalized spacial score (nSPS) is 13.0. The number of pyridine rings is 1. The van der Waals surface area contributed by atoms with Gasteiger partial charge in [-0.3, -0.25) is 9.48 Å². The molecule has 0 aliphatic carbocycles. The van der Waals surface area contributed by atoms with E-state index >= 15 is 0 Å². The molecule has 0 fully saturated rings. The van der Waals surface area contributed by atoms with Crippen molar-refractivity contribution in [3.8, 4) is 5.75 Å². The highest BCUT2D eigenvalue weighted by molar-refractivity contribution is 6.29. The number of nitrogens with zero attached hydrogens (tertiary/aromatic N) is 3. The molecule has 25 heavy (non-hydrogen) atoms. The molecular formula is C17H18ClN5O2. The number of benzene rings is 1. The molecule has 3 aromatic rings. The number of halogens is 1. The number of nitrogens with one attached hydrogen (secondary N) is 2. The Labute approximate surface area is 154 Å². The SMILES string of the molecule is [2H]C([2H])([2H])NC(=O)c1cnc(Cl)cc1Nc1ccc2cnn(CC)c2c1OC. The first-order valence-corrected chi connectivity index (χ1v) is 7.89. The van der Waals surface area contributed by atoms with Gasteiger partial charge in [-0.15, -0.1) is 0 Å². The monoisotopic (exact) mass is 362 g/mol. The second-order valence-electron chi connectivity index (χ2n) is 5.18. The molecule has 0 aliphatic rings. The molecule has 0 saturated heterocycles. The number of aromatic nitrogens is 3. The average molecular weight is 363 g/mol. The largest absolute Gasteiger partial charge is 0.492 e. The van der Waals surface area contributed by atoms with Gasteiger partial charge in [0, 0.05) is 29.2 Å². The van der Waals surface area contributed by atoms with E-state index in [1.165, 1.54) is 19.4 Å². The predicted octanol–water partition coefficient (Wildman–Crippen LogP) is 3.22. The number of carbonyl (C=O) groups is 1. The fourth-order valence-electron chi connectivity index (χ4n) is 2.62. The predicted molar refractivity (Wildman–Crippen MR) is 97.9 cm³/mol. The molecule has 130 valence electrons. The summed E-state index contributed by atoms with van der Waals surface area (Å²) in [5.74, 6) is -0.266. The van der Waals surface area contributed by atoms with Crippen molar-refractivity contribution in [3.63, 3.8) is 0 Å². The maximum Gasteiger partial charge on any atom is 0.254 e. The minimum Gasteiger partial charge on any atom is -0.492 e. The van der Waals surface area contributed by atoms with E-state index in [2.05, 4.69) is 15.4 Å². The third-order valence-electron chi connectivity index (χ3n) is 3.76. The molecular weight excluding hydrogens is 342 g/mol. The number of carbonyl (C=O) groups excluding carboxylic acids is 1. The summed E-state index contributed by atoms with van der Waals surface area (Å²) in [5, 5.41) is 10.4. The number of ether oxygens (including phenoxy) is 1. The Hall–Kier alpha value is -2.80. The summed E-state index contributed by atoms with van der Waals surface area (Å²) in [6.07, 6.45) is 2.96. The van der Waals surface area contributed by atoms with E-state index in [0.717, 1.165) is 10.9 Å². The summed E-state index contributed by atoms with van der Waals surface area (Å²) in [7, 11) is 1.54. The molecule has 0 spiro atoms. The molecule has 2 heterocycles. The lowest BCUT2D eigenvalue weighted by Gasteiger charge is -2.15. The van der Waals surface area contributed by atoms with Gasteiger partial charge in [0.05, 0.1) is 30.2 Å². The number of anilines is 2. The zero-order valence-corrected chi connectivity index (χ0v) is 14.4. The number of hydrogen-bond acceptors (Lipinski definition) is 5. The summed E-state index contributed by atoms with van der Waals surface area (Å²) >= 11 is 5.98. The Morgan fingerprint density at radius 1 is 1.40 bits per heavy atom. The zero-order valence-electron chi connectivity index (χ0n) is 16.6. The number of methoxy groups -OCH3 is 1. The maximum absolute atomic E-state index is 12.4. The van der Waals surface area contributed by atoms with Gasteiger partial charge in [-0.25, -0.2) is 4.98 Å². The highest BCUT2D eigenvalue weighted by Gasteiger charge is 2.17. The number of rotatable bonds is 5. The number of amides is 1. The Kier molecular flexibility index (Phi) is 3.77. The highest BCUT2D eigenvalue weighted by Crippen LogP contribution is 2.36. The molecule has 0 radical (unpaired) electrons. The van der Waals surface area contributed by atoms with Crippen molar-refractivity contribution in [3.05, 3.63) is 41.3 Å². The zero-order chi connectivity index (χ0) is 20.5.